The molecule has 0 aliphatic carbocycles. The Morgan fingerprint density at radius 1 is 1.03 bits per heavy atom. The molecular formula is C24H24FN5O3. The Bertz CT molecular complexity index is 1210. The summed E-state index contributed by atoms with van der Waals surface area (Å²) in [5.41, 5.74) is 0.640. The first-order chi connectivity index (χ1) is 15.8. The molecule has 0 saturated carbocycles. The zero-order chi connectivity index (χ0) is 23.6. The van der Waals surface area contributed by atoms with E-state index < -0.39 is 23.2 Å². The van der Waals surface area contributed by atoms with Crippen LogP contribution in [0.2, 0.25) is 0 Å². The van der Waals surface area contributed by atoms with Gasteiger partial charge in [0.25, 0.3) is 11.8 Å². The number of amides is 3. The van der Waals surface area contributed by atoms with Gasteiger partial charge in [0.15, 0.2) is 5.69 Å². The van der Waals surface area contributed by atoms with Crippen molar-refractivity contribution in [3.05, 3.63) is 89.0 Å². The van der Waals surface area contributed by atoms with E-state index in [0.29, 0.717) is 12.1 Å². The molecule has 1 aromatic heterocycles. The van der Waals surface area contributed by atoms with Crippen LogP contribution in [-0.2, 0) is 24.4 Å². The van der Waals surface area contributed by atoms with Gasteiger partial charge in [0.2, 0.25) is 5.91 Å². The van der Waals surface area contributed by atoms with E-state index in [1.165, 1.54) is 27.8 Å². The highest BCUT2D eigenvalue weighted by molar-refractivity contribution is 6.01. The van der Waals surface area contributed by atoms with Crippen LogP contribution in [0.4, 0.5) is 4.39 Å². The van der Waals surface area contributed by atoms with Crippen LogP contribution in [0, 0.1) is 5.82 Å². The number of nitrogens with zero attached hydrogens (tertiary/aromatic N) is 3. The lowest BCUT2D eigenvalue weighted by atomic mass is 9.96. The van der Waals surface area contributed by atoms with Gasteiger partial charge in [0, 0.05) is 26.2 Å². The van der Waals surface area contributed by atoms with Crippen molar-refractivity contribution < 1.29 is 18.8 Å². The minimum atomic E-state index is -1.18. The van der Waals surface area contributed by atoms with E-state index in [9.17, 15) is 18.8 Å². The second kappa shape index (κ2) is 8.85. The molecule has 33 heavy (non-hydrogen) atoms. The number of nitrogens with one attached hydrogen (secondary N) is 2. The molecule has 2 aromatic carbocycles. The molecule has 8 nitrogen and oxygen atoms in total. The summed E-state index contributed by atoms with van der Waals surface area (Å²) in [5.74, 6) is -1.61. The van der Waals surface area contributed by atoms with Gasteiger partial charge >= 0.3 is 0 Å². The summed E-state index contributed by atoms with van der Waals surface area (Å²) in [6.45, 7) is 2.21. The number of rotatable bonds is 6. The standard InChI is InChI=1S/C24H24FN5O3/c1-24(23(33)27-13-16-7-4-3-5-8-16)15-30-20(22(32)29(24)2)12-19(28-30)21(31)26-14-17-9-6-10-18(25)11-17/h3-12H,13-15H2,1-2H3,(H,26,31)(H,27,33)/t24-/m0/s1. The van der Waals surface area contributed by atoms with Crippen molar-refractivity contribution in [1.82, 2.24) is 25.3 Å². The number of benzene rings is 2. The molecule has 0 spiro atoms. The molecule has 1 aliphatic heterocycles. The minimum absolute atomic E-state index is 0.0529. The zero-order valence-corrected chi connectivity index (χ0v) is 18.3. The summed E-state index contributed by atoms with van der Waals surface area (Å²) in [6.07, 6.45) is 0. The van der Waals surface area contributed by atoms with Gasteiger partial charge in [-0.15, -0.1) is 0 Å². The Kier molecular flexibility index (Phi) is 5.95. The summed E-state index contributed by atoms with van der Waals surface area (Å²) in [4.78, 5) is 40.0. The predicted octanol–water partition coefficient (Wildman–Crippen LogP) is 2.11. The Morgan fingerprint density at radius 2 is 1.73 bits per heavy atom. The number of carbonyl (C=O) groups excluding carboxylic acids is 3. The maximum absolute atomic E-state index is 13.3. The SMILES string of the molecule is CN1C(=O)c2cc(C(=O)NCc3cccc(F)c3)nn2C[C@@]1(C)C(=O)NCc1ccccc1. The molecule has 1 aliphatic rings. The van der Waals surface area contributed by atoms with Crippen LogP contribution in [0.5, 0.6) is 0 Å². The van der Waals surface area contributed by atoms with Crippen LogP contribution in [-0.4, -0.2) is 45.0 Å². The topological polar surface area (TPSA) is 96.3 Å². The average Bonchev–Trinajstić information content (AvgIpc) is 3.24. The van der Waals surface area contributed by atoms with Gasteiger partial charge in [0.1, 0.15) is 17.1 Å². The van der Waals surface area contributed by atoms with Crippen molar-refractivity contribution in [2.75, 3.05) is 7.05 Å². The number of carbonyl (C=O) groups is 3. The Balaban J connectivity index is 1.47. The fourth-order valence-corrected chi connectivity index (χ4v) is 3.73. The summed E-state index contributed by atoms with van der Waals surface area (Å²) in [5, 5.41) is 9.82. The molecule has 0 bridgehead atoms. The van der Waals surface area contributed by atoms with Gasteiger partial charge in [-0.1, -0.05) is 42.5 Å². The number of aromatic nitrogens is 2. The average molecular weight is 449 g/mol. The van der Waals surface area contributed by atoms with Crippen LogP contribution >= 0.6 is 0 Å². The van der Waals surface area contributed by atoms with Crippen LogP contribution in [0.15, 0.2) is 60.7 Å². The molecule has 9 heteroatoms. The fourth-order valence-electron chi connectivity index (χ4n) is 3.73. The molecule has 0 fully saturated rings. The van der Waals surface area contributed by atoms with Crippen molar-refractivity contribution in [2.45, 2.75) is 32.1 Å². The van der Waals surface area contributed by atoms with Crippen molar-refractivity contribution in [3.8, 4) is 0 Å². The van der Waals surface area contributed by atoms with Gasteiger partial charge in [0.05, 0.1) is 6.54 Å². The van der Waals surface area contributed by atoms with E-state index >= 15 is 0 Å². The normalized spacial score (nSPS) is 17.4. The minimum Gasteiger partial charge on any atom is -0.350 e. The molecule has 170 valence electrons. The van der Waals surface area contributed by atoms with Crippen molar-refractivity contribution in [1.29, 1.82) is 0 Å². The summed E-state index contributed by atoms with van der Waals surface area (Å²) < 4.78 is 14.7. The van der Waals surface area contributed by atoms with E-state index in [2.05, 4.69) is 15.7 Å². The van der Waals surface area contributed by atoms with Crippen molar-refractivity contribution in [2.24, 2.45) is 0 Å². The summed E-state index contributed by atoms with van der Waals surface area (Å²) >= 11 is 0. The number of halogens is 1. The molecule has 0 saturated heterocycles. The molecule has 3 amide bonds. The number of likely N-dealkylation sites (N-methyl/N-ethyl adjacent to an activating group) is 1. The lowest BCUT2D eigenvalue weighted by Gasteiger charge is -2.40. The smallest absolute Gasteiger partial charge is 0.272 e. The zero-order valence-electron chi connectivity index (χ0n) is 18.3. The highest BCUT2D eigenvalue weighted by Crippen LogP contribution is 2.26. The summed E-state index contributed by atoms with van der Waals surface area (Å²) in [6, 6.07) is 16.8. The van der Waals surface area contributed by atoms with E-state index in [1.54, 1.807) is 26.1 Å². The maximum Gasteiger partial charge on any atom is 0.272 e. The molecule has 0 unspecified atom stereocenters. The molecule has 2 heterocycles. The molecule has 3 aromatic rings. The van der Waals surface area contributed by atoms with Gasteiger partial charge in [-0.2, -0.15) is 5.10 Å². The lowest BCUT2D eigenvalue weighted by Crippen LogP contribution is -2.62. The molecule has 1 atom stereocenters. The third kappa shape index (κ3) is 4.48. The molecule has 4 rings (SSSR count). The van der Waals surface area contributed by atoms with Crippen LogP contribution in [0.3, 0.4) is 0 Å². The third-order valence-electron chi connectivity index (χ3n) is 5.86. The molecule has 2 N–H and O–H groups in total. The first-order valence-corrected chi connectivity index (χ1v) is 10.5. The second-order valence-corrected chi connectivity index (χ2v) is 8.19. The van der Waals surface area contributed by atoms with E-state index in [0.717, 1.165) is 5.56 Å². The number of hydrogen-bond donors (Lipinski definition) is 2. The molecular weight excluding hydrogens is 425 g/mol. The van der Waals surface area contributed by atoms with Crippen LogP contribution < -0.4 is 10.6 Å². The van der Waals surface area contributed by atoms with Gasteiger partial charge in [-0.05, 0) is 30.2 Å². The molecule has 0 radical (unpaired) electrons. The largest absolute Gasteiger partial charge is 0.350 e. The van der Waals surface area contributed by atoms with Crippen molar-refractivity contribution >= 4 is 17.7 Å². The lowest BCUT2D eigenvalue weighted by molar-refractivity contribution is -0.132. The van der Waals surface area contributed by atoms with Gasteiger partial charge in [-0.3, -0.25) is 19.1 Å². The Hall–Kier alpha value is -4.01. The Morgan fingerprint density at radius 3 is 2.45 bits per heavy atom. The summed E-state index contributed by atoms with van der Waals surface area (Å²) in [7, 11) is 1.56. The van der Waals surface area contributed by atoms with Gasteiger partial charge in [-0.25, -0.2) is 4.39 Å². The van der Waals surface area contributed by atoms with Crippen LogP contribution in [0.1, 0.15) is 39.0 Å². The second-order valence-electron chi connectivity index (χ2n) is 8.19. The quantitative estimate of drug-likeness (QED) is 0.603. The Labute approximate surface area is 190 Å². The van der Waals surface area contributed by atoms with E-state index in [-0.39, 0.29) is 30.4 Å². The first kappa shape index (κ1) is 22.2. The highest BCUT2D eigenvalue weighted by Gasteiger charge is 2.46. The fraction of sp³-hybridized carbons (Fsp3) is 0.250. The third-order valence-corrected chi connectivity index (χ3v) is 5.86. The predicted molar refractivity (Wildman–Crippen MR) is 119 cm³/mol. The highest BCUT2D eigenvalue weighted by atomic mass is 19.1. The van der Waals surface area contributed by atoms with E-state index in [4.69, 9.17) is 0 Å². The van der Waals surface area contributed by atoms with Gasteiger partial charge < -0.3 is 15.5 Å². The number of fused-ring (bicyclic) bond motifs is 1. The maximum atomic E-state index is 13.3. The monoisotopic (exact) mass is 449 g/mol. The number of hydrogen-bond acceptors (Lipinski definition) is 4. The first-order valence-electron chi connectivity index (χ1n) is 10.5. The van der Waals surface area contributed by atoms with Crippen LogP contribution in [0.25, 0.3) is 0 Å². The van der Waals surface area contributed by atoms with Crippen molar-refractivity contribution in [3.63, 3.8) is 0 Å². The van der Waals surface area contributed by atoms with E-state index in [1.807, 2.05) is 30.3 Å².